The highest BCUT2D eigenvalue weighted by molar-refractivity contribution is 5.89. The number of nitrogens with zero attached hydrogens (tertiary/aromatic N) is 2. The molecule has 1 aromatic rings. The minimum atomic E-state index is -1.02. The largest absolute Gasteiger partial charge is 0.480 e. The van der Waals surface area contributed by atoms with Crippen LogP contribution >= 0.6 is 0 Å². The molecule has 11 nitrogen and oxygen atoms in total. The number of fused-ring (bicyclic) bond motifs is 1. The van der Waals surface area contributed by atoms with Crippen molar-refractivity contribution < 1.29 is 39.5 Å². The van der Waals surface area contributed by atoms with Gasteiger partial charge in [-0.2, -0.15) is 0 Å². The van der Waals surface area contributed by atoms with Crippen LogP contribution in [0.5, 0.6) is 0 Å². The Kier molecular flexibility index (Phi) is 9.99. The number of rotatable bonds is 13. The number of hydrogen-bond donors (Lipinski definition) is 4. The van der Waals surface area contributed by atoms with E-state index in [-0.39, 0.29) is 37.5 Å². The molecule has 2 fully saturated rings. The number of aliphatic carboxylic acids is 1. The summed E-state index contributed by atoms with van der Waals surface area (Å²) in [4.78, 5) is 44.2. The van der Waals surface area contributed by atoms with Crippen molar-refractivity contribution in [1.29, 1.82) is 0 Å². The van der Waals surface area contributed by atoms with E-state index in [2.05, 4.69) is 10.2 Å². The van der Waals surface area contributed by atoms with Gasteiger partial charge in [0.2, 0.25) is 5.91 Å². The van der Waals surface area contributed by atoms with Crippen LogP contribution in [0.1, 0.15) is 51.0 Å². The highest BCUT2D eigenvalue weighted by Gasteiger charge is 2.50. The summed E-state index contributed by atoms with van der Waals surface area (Å²) in [5.41, 5.74) is 1.02. The van der Waals surface area contributed by atoms with Gasteiger partial charge in [0.25, 0.3) is 0 Å². The Morgan fingerprint density at radius 3 is 2.60 bits per heavy atom. The van der Waals surface area contributed by atoms with Gasteiger partial charge in [0, 0.05) is 12.5 Å². The van der Waals surface area contributed by atoms with Gasteiger partial charge < -0.3 is 14.7 Å². The van der Waals surface area contributed by atoms with E-state index in [9.17, 15) is 19.5 Å². The SMILES string of the molecule is CC(NC(CCc1ccccc1)C(=O)O)C(=O)N1C(C(=O)OCCCON(O)O)CC2CCCC21. The monoisotopic (exact) mass is 493 g/mol. The summed E-state index contributed by atoms with van der Waals surface area (Å²) in [6.07, 6.45) is 4.38. The second-order valence-corrected chi connectivity index (χ2v) is 9.17. The molecule has 5 unspecified atom stereocenters. The van der Waals surface area contributed by atoms with E-state index in [1.807, 2.05) is 30.3 Å². The average Bonchev–Trinajstić information content (AvgIpc) is 3.42. The third-order valence-electron chi connectivity index (χ3n) is 6.79. The van der Waals surface area contributed by atoms with Crippen molar-refractivity contribution in [3.63, 3.8) is 0 Å². The number of esters is 1. The van der Waals surface area contributed by atoms with Crippen molar-refractivity contribution in [2.24, 2.45) is 5.92 Å². The number of ether oxygens (including phenoxy) is 1. The van der Waals surface area contributed by atoms with Crippen molar-refractivity contribution >= 4 is 17.8 Å². The molecule has 0 radical (unpaired) electrons. The molecule has 11 heteroatoms. The van der Waals surface area contributed by atoms with Crippen molar-refractivity contribution in [2.45, 2.75) is 76.0 Å². The molecule has 1 saturated carbocycles. The fourth-order valence-corrected chi connectivity index (χ4v) is 5.12. The molecule has 1 heterocycles. The van der Waals surface area contributed by atoms with E-state index >= 15 is 0 Å². The summed E-state index contributed by atoms with van der Waals surface area (Å²) in [7, 11) is 0. The molecular weight excluding hydrogens is 458 g/mol. The Hall–Kier alpha value is -2.57. The molecule has 1 aliphatic carbocycles. The lowest BCUT2D eigenvalue weighted by molar-refractivity contribution is -0.492. The van der Waals surface area contributed by atoms with E-state index in [0.29, 0.717) is 19.3 Å². The van der Waals surface area contributed by atoms with Gasteiger partial charge in [-0.3, -0.25) is 30.2 Å². The van der Waals surface area contributed by atoms with Crippen LogP contribution in [0.15, 0.2) is 30.3 Å². The Balaban J connectivity index is 1.59. The molecule has 4 N–H and O–H groups in total. The number of carbonyl (C=O) groups excluding carboxylic acids is 2. The Morgan fingerprint density at radius 1 is 1.17 bits per heavy atom. The van der Waals surface area contributed by atoms with Crippen molar-refractivity contribution in [3.8, 4) is 0 Å². The smallest absolute Gasteiger partial charge is 0.328 e. The number of hydrogen-bond acceptors (Lipinski definition) is 9. The molecule has 1 saturated heterocycles. The first-order valence-corrected chi connectivity index (χ1v) is 12.1. The van der Waals surface area contributed by atoms with Crippen molar-refractivity contribution in [3.05, 3.63) is 35.9 Å². The summed E-state index contributed by atoms with van der Waals surface area (Å²) in [5, 5.41) is 29.3. The van der Waals surface area contributed by atoms with Crippen LogP contribution in [0.4, 0.5) is 0 Å². The predicted molar refractivity (Wildman–Crippen MR) is 122 cm³/mol. The number of nitrogens with one attached hydrogen (secondary N) is 1. The Morgan fingerprint density at radius 2 is 1.91 bits per heavy atom. The van der Waals surface area contributed by atoms with E-state index in [4.69, 9.17) is 15.2 Å². The number of likely N-dealkylation sites (tertiary alicyclic amines) is 1. The van der Waals surface area contributed by atoms with Crippen LogP contribution in [0.2, 0.25) is 0 Å². The molecule has 194 valence electrons. The van der Waals surface area contributed by atoms with Gasteiger partial charge in [0.1, 0.15) is 12.1 Å². The lowest BCUT2D eigenvalue weighted by Gasteiger charge is -2.32. The van der Waals surface area contributed by atoms with Crippen LogP contribution in [-0.2, 0) is 30.4 Å². The fourth-order valence-electron chi connectivity index (χ4n) is 5.12. The number of aryl methyl sites for hydroxylation is 1. The van der Waals surface area contributed by atoms with Crippen LogP contribution in [0, 0.1) is 5.92 Å². The highest BCUT2D eigenvalue weighted by atomic mass is 17.1. The molecule has 1 aromatic carbocycles. The summed E-state index contributed by atoms with van der Waals surface area (Å²) in [6, 6.07) is 7.10. The maximum absolute atomic E-state index is 13.5. The molecular formula is C24H35N3O8. The van der Waals surface area contributed by atoms with E-state index in [1.165, 1.54) is 0 Å². The Labute approximate surface area is 204 Å². The third-order valence-corrected chi connectivity index (χ3v) is 6.79. The second kappa shape index (κ2) is 12.9. The van der Waals surface area contributed by atoms with E-state index in [0.717, 1.165) is 24.8 Å². The maximum atomic E-state index is 13.5. The van der Waals surface area contributed by atoms with Crippen molar-refractivity contribution in [1.82, 2.24) is 15.6 Å². The number of amides is 1. The second-order valence-electron chi connectivity index (χ2n) is 9.17. The highest BCUT2D eigenvalue weighted by Crippen LogP contribution is 2.42. The quantitative estimate of drug-likeness (QED) is 0.182. The van der Waals surface area contributed by atoms with Gasteiger partial charge >= 0.3 is 11.9 Å². The van der Waals surface area contributed by atoms with Crippen molar-refractivity contribution in [2.75, 3.05) is 13.2 Å². The molecule has 1 amide bonds. The van der Waals surface area contributed by atoms with Gasteiger partial charge in [-0.25, -0.2) is 4.79 Å². The molecule has 1 aliphatic heterocycles. The normalized spacial score (nSPS) is 23.2. The van der Waals surface area contributed by atoms with Crippen LogP contribution < -0.4 is 5.32 Å². The molecule has 0 spiro atoms. The van der Waals surface area contributed by atoms with Gasteiger partial charge in [-0.1, -0.05) is 36.8 Å². The van der Waals surface area contributed by atoms with Crippen LogP contribution in [-0.4, -0.2) is 81.0 Å². The minimum Gasteiger partial charge on any atom is -0.480 e. The lowest BCUT2D eigenvalue weighted by atomic mass is 10.0. The molecule has 35 heavy (non-hydrogen) atoms. The third kappa shape index (κ3) is 7.45. The number of benzene rings is 1. The lowest BCUT2D eigenvalue weighted by Crippen LogP contribution is -2.55. The molecule has 2 aliphatic rings. The van der Waals surface area contributed by atoms with Gasteiger partial charge in [-0.05, 0) is 50.5 Å². The van der Waals surface area contributed by atoms with Gasteiger partial charge in [0.05, 0.1) is 24.6 Å². The first kappa shape index (κ1) is 27.0. The minimum absolute atomic E-state index is 0.00884. The first-order chi connectivity index (χ1) is 16.8. The maximum Gasteiger partial charge on any atom is 0.328 e. The van der Waals surface area contributed by atoms with E-state index in [1.54, 1.807) is 11.8 Å². The average molecular weight is 494 g/mol. The first-order valence-electron chi connectivity index (χ1n) is 12.1. The van der Waals surface area contributed by atoms with Crippen LogP contribution in [0.25, 0.3) is 0 Å². The zero-order valence-electron chi connectivity index (χ0n) is 19.9. The van der Waals surface area contributed by atoms with Crippen LogP contribution in [0.3, 0.4) is 0 Å². The molecule has 5 atom stereocenters. The topological polar surface area (TPSA) is 149 Å². The fraction of sp³-hybridized carbons (Fsp3) is 0.625. The summed E-state index contributed by atoms with van der Waals surface area (Å²) >= 11 is 0. The predicted octanol–water partition coefficient (Wildman–Crippen LogP) is 1.77. The number of carbonyl (C=O) groups is 3. The van der Waals surface area contributed by atoms with E-state index < -0.39 is 35.5 Å². The summed E-state index contributed by atoms with van der Waals surface area (Å²) in [5.74, 6) is -1.61. The molecule has 0 bridgehead atoms. The zero-order chi connectivity index (χ0) is 25.4. The van der Waals surface area contributed by atoms with Gasteiger partial charge in [-0.15, -0.1) is 0 Å². The van der Waals surface area contributed by atoms with Gasteiger partial charge in [0.15, 0.2) is 0 Å². The summed E-state index contributed by atoms with van der Waals surface area (Å²) < 4.78 is 5.33. The Bertz CT molecular complexity index is 852. The molecule has 3 rings (SSSR count). The molecule has 0 aromatic heterocycles. The summed E-state index contributed by atoms with van der Waals surface area (Å²) in [6.45, 7) is 1.59. The number of carboxylic acids is 1. The number of carboxylic acid groups (broad SMARTS) is 1. The zero-order valence-corrected chi connectivity index (χ0v) is 19.9. The standard InChI is InChI=1S/C24H35N3O8/c1-16(25-19(23(29)30)12-11-17-7-3-2-4-8-17)22(28)26-20-10-5-9-18(20)15-21(26)24(31)34-13-6-14-35-27(32)33/h2-4,7-8,16,18-21,25,32-33H,5-6,9-15H2,1H3,(H,29,30).